The molecule has 0 bridgehead atoms. The molecule has 0 aromatic carbocycles. The Balaban J connectivity index is 2.37. The lowest BCUT2D eigenvalue weighted by atomic mass is 10.3. The third kappa shape index (κ3) is 2.39. The number of halogens is 2. The Morgan fingerprint density at radius 2 is 2.07 bits per heavy atom. The predicted octanol–water partition coefficient (Wildman–Crippen LogP) is 2.21. The van der Waals surface area contributed by atoms with Crippen LogP contribution in [0.4, 0.5) is 3.89 Å². The maximum absolute atomic E-state index is 12.7. The van der Waals surface area contributed by atoms with Crippen molar-refractivity contribution < 1.29 is 21.8 Å². The number of ether oxygens (including phenoxy) is 2. The normalized spacial score (nSPS) is 18.5. The fourth-order valence-corrected chi connectivity index (χ4v) is 3.88. The third-order valence-electron chi connectivity index (χ3n) is 1.81. The Labute approximate surface area is 98.3 Å². The van der Waals surface area contributed by atoms with Crippen molar-refractivity contribution in [3.8, 4) is 0 Å². The van der Waals surface area contributed by atoms with Gasteiger partial charge in [0.15, 0.2) is 10.5 Å². The SMILES string of the molecule is O=S(=O)(F)c1cc(C2OCCO2)c(Br)s1. The van der Waals surface area contributed by atoms with Gasteiger partial charge in [-0.15, -0.1) is 11.3 Å². The first-order valence-corrected chi connectivity index (χ1v) is 6.95. The monoisotopic (exact) mass is 316 g/mol. The minimum atomic E-state index is -4.66. The average Bonchev–Trinajstić information content (AvgIpc) is 2.69. The van der Waals surface area contributed by atoms with Gasteiger partial charge in [-0.1, -0.05) is 3.89 Å². The average molecular weight is 317 g/mol. The summed E-state index contributed by atoms with van der Waals surface area (Å²) < 4.78 is 44.5. The van der Waals surface area contributed by atoms with Crippen LogP contribution in [-0.4, -0.2) is 21.6 Å². The van der Waals surface area contributed by atoms with E-state index in [4.69, 9.17) is 9.47 Å². The lowest BCUT2D eigenvalue weighted by Gasteiger charge is -2.06. The van der Waals surface area contributed by atoms with E-state index in [9.17, 15) is 12.3 Å². The first-order valence-electron chi connectivity index (χ1n) is 3.95. The number of hydrogen-bond donors (Lipinski definition) is 0. The molecule has 1 fully saturated rings. The Morgan fingerprint density at radius 1 is 1.47 bits per heavy atom. The van der Waals surface area contributed by atoms with Gasteiger partial charge in [0, 0.05) is 5.56 Å². The third-order valence-corrected chi connectivity index (χ3v) is 4.93. The summed E-state index contributed by atoms with van der Waals surface area (Å²) >= 11 is 3.95. The summed E-state index contributed by atoms with van der Waals surface area (Å²) in [6, 6.07) is 1.22. The molecule has 0 amide bonds. The minimum Gasteiger partial charge on any atom is -0.346 e. The molecule has 0 unspecified atom stereocenters. The van der Waals surface area contributed by atoms with Crippen molar-refractivity contribution in [2.24, 2.45) is 0 Å². The number of hydrogen-bond acceptors (Lipinski definition) is 5. The first kappa shape index (κ1) is 11.5. The zero-order chi connectivity index (χ0) is 11.1. The summed E-state index contributed by atoms with van der Waals surface area (Å²) in [7, 11) is -4.66. The van der Waals surface area contributed by atoms with Crippen LogP contribution in [0, 0.1) is 0 Å². The van der Waals surface area contributed by atoms with E-state index in [1.807, 2.05) is 0 Å². The van der Waals surface area contributed by atoms with Crippen molar-refractivity contribution in [1.82, 2.24) is 0 Å². The van der Waals surface area contributed by atoms with E-state index >= 15 is 0 Å². The molecule has 0 atom stereocenters. The van der Waals surface area contributed by atoms with Gasteiger partial charge in [-0.3, -0.25) is 0 Å². The topological polar surface area (TPSA) is 52.6 Å². The summed E-state index contributed by atoms with van der Waals surface area (Å²) in [6.07, 6.45) is -0.605. The van der Waals surface area contributed by atoms with Crippen molar-refractivity contribution >= 4 is 37.5 Å². The number of thiophene rings is 1. The van der Waals surface area contributed by atoms with Gasteiger partial charge in [-0.25, -0.2) is 0 Å². The van der Waals surface area contributed by atoms with Crippen LogP contribution in [0.1, 0.15) is 11.9 Å². The van der Waals surface area contributed by atoms with E-state index in [-0.39, 0.29) is 4.21 Å². The summed E-state index contributed by atoms with van der Waals surface area (Å²) in [6.45, 7) is 0.898. The highest BCUT2D eigenvalue weighted by atomic mass is 79.9. The van der Waals surface area contributed by atoms with Gasteiger partial charge in [0.05, 0.1) is 17.0 Å². The van der Waals surface area contributed by atoms with Gasteiger partial charge in [0.1, 0.15) is 0 Å². The van der Waals surface area contributed by atoms with Crippen LogP contribution in [-0.2, 0) is 19.7 Å². The zero-order valence-electron chi connectivity index (χ0n) is 7.27. The Morgan fingerprint density at radius 3 is 2.53 bits per heavy atom. The van der Waals surface area contributed by atoms with Crippen molar-refractivity contribution in [3.63, 3.8) is 0 Å². The van der Waals surface area contributed by atoms with Gasteiger partial charge in [-0.2, -0.15) is 8.42 Å². The molecule has 2 heterocycles. The van der Waals surface area contributed by atoms with Gasteiger partial charge in [0.2, 0.25) is 0 Å². The highest BCUT2D eigenvalue weighted by molar-refractivity contribution is 9.11. The van der Waals surface area contributed by atoms with E-state index in [0.29, 0.717) is 22.6 Å². The molecule has 0 aliphatic carbocycles. The molecule has 0 spiro atoms. The number of rotatable bonds is 2. The molecule has 84 valence electrons. The largest absolute Gasteiger partial charge is 0.346 e. The van der Waals surface area contributed by atoms with Crippen molar-refractivity contribution in [1.29, 1.82) is 0 Å². The molecule has 15 heavy (non-hydrogen) atoms. The van der Waals surface area contributed by atoms with E-state index in [1.54, 1.807) is 0 Å². The van der Waals surface area contributed by atoms with E-state index in [2.05, 4.69) is 15.9 Å². The van der Waals surface area contributed by atoms with Gasteiger partial charge in [0.25, 0.3) is 0 Å². The molecule has 0 radical (unpaired) electrons. The second-order valence-corrected chi connectivity index (χ2v) is 6.75. The van der Waals surface area contributed by atoms with Crippen LogP contribution in [0.5, 0.6) is 0 Å². The van der Waals surface area contributed by atoms with Crippen molar-refractivity contribution in [3.05, 3.63) is 15.4 Å². The zero-order valence-corrected chi connectivity index (χ0v) is 10.5. The second-order valence-electron chi connectivity index (χ2n) is 2.81. The second kappa shape index (κ2) is 4.10. The van der Waals surface area contributed by atoms with Crippen LogP contribution >= 0.6 is 27.3 Å². The quantitative estimate of drug-likeness (QED) is 0.785. The molecule has 8 heteroatoms. The smallest absolute Gasteiger partial charge is 0.341 e. The highest BCUT2D eigenvalue weighted by Gasteiger charge is 2.26. The fourth-order valence-electron chi connectivity index (χ4n) is 1.18. The fraction of sp³-hybridized carbons (Fsp3) is 0.429. The first-order chi connectivity index (χ1) is 6.98. The van der Waals surface area contributed by atoms with Gasteiger partial charge in [-0.05, 0) is 22.0 Å². The molecule has 1 aliphatic heterocycles. The molecule has 0 saturated carbocycles. The molecule has 1 saturated heterocycles. The van der Waals surface area contributed by atoms with Crippen molar-refractivity contribution in [2.75, 3.05) is 13.2 Å². The van der Waals surface area contributed by atoms with Gasteiger partial charge >= 0.3 is 10.2 Å². The molecular formula is C7H6BrFO4S2. The summed E-state index contributed by atoms with van der Waals surface area (Å²) in [5.74, 6) is 0. The standard InChI is InChI=1S/C7H6BrFO4S2/c8-6-4(7-12-1-2-13-7)3-5(14-6)15(9,10)11/h3,7H,1-2H2. The maximum atomic E-state index is 12.7. The highest BCUT2D eigenvalue weighted by Crippen LogP contribution is 2.38. The van der Waals surface area contributed by atoms with Crippen LogP contribution < -0.4 is 0 Å². The maximum Gasteiger partial charge on any atom is 0.341 e. The molecule has 1 aromatic rings. The molecule has 1 aliphatic rings. The van der Waals surface area contributed by atoms with E-state index in [0.717, 1.165) is 11.3 Å². The Bertz CT molecular complexity index is 463. The lowest BCUT2D eigenvalue weighted by molar-refractivity contribution is -0.0443. The van der Waals surface area contributed by atoms with Crippen LogP contribution in [0.3, 0.4) is 0 Å². The summed E-state index contributed by atoms with van der Waals surface area (Å²) in [4.78, 5) is 0. The molecular weight excluding hydrogens is 311 g/mol. The summed E-state index contributed by atoms with van der Waals surface area (Å²) in [5.41, 5.74) is 0.508. The molecule has 2 rings (SSSR count). The predicted molar refractivity (Wildman–Crippen MR) is 55.0 cm³/mol. The van der Waals surface area contributed by atoms with Crippen molar-refractivity contribution in [2.45, 2.75) is 10.5 Å². The van der Waals surface area contributed by atoms with E-state index in [1.165, 1.54) is 6.07 Å². The molecule has 4 nitrogen and oxygen atoms in total. The van der Waals surface area contributed by atoms with Crippen LogP contribution in [0.25, 0.3) is 0 Å². The molecule has 0 N–H and O–H groups in total. The minimum absolute atomic E-state index is 0.344. The van der Waals surface area contributed by atoms with Crippen LogP contribution in [0.2, 0.25) is 0 Å². The van der Waals surface area contributed by atoms with Gasteiger partial charge < -0.3 is 9.47 Å². The Hall–Kier alpha value is -0.0200. The Kier molecular flexibility index (Phi) is 3.13. The summed E-state index contributed by atoms with van der Waals surface area (Å²) in [5, 5.41) is 0. The lowest BCUT2D eigenvalue weighted by Crippen LogP contribution is -1.96. The van der Waals surface area contributed by atoms with E-state index < -0.39 is 16.5 Å². The molecule has 1 aromatic heterocycles. The van der Waals surface area contributed by atoms with Crippen LogP contribution in [0.15, 0.2) is 14.1 Å².